The Morgan fingerprint density at radius 1 is 1.58 bits per heavy atom. The van der Waals surface area contributed by atoms with Crippen LogP contribution >= 0.6 is 0 Å². The molecule has 0 aromatic rings. The van der Waals surface area contributed by atoms with Gasteiger partial charge >= 0.3 is 0 Å². The van der Waals surface area contributed by atoms with Gasteiger partial charge in [0.05, 0.1) is 11.3 Å². The van der Waals surface area contributed by atoms with E-state index < -0.39 is 10.0 Å². The Morgan fingerprint density at radius 2 is 2.17 bits per heavy atom. The zero-order chi connectivity index (χ0) is 9.19. The van der Waals surface area contributed by atoms with Gasteiger partial charge in [-0.3, -0.25) is 0 Å². The third-order valence-corrected chi connectivity index (χ3v) is 4.13. The van der Waals surface area contributed by atoms with Crippen LogP contribution in [0.2, 0.25) is 0 Å². The molecule has 1 aliphatic carbocycles. The molecule has 0 unspecified atom stereocenters. The molecule has 0 radical (unpaired) electrons. The molecular formula is C7H12N2O2S. The SMILES string of the molecule is CNS(=O)(=O)C1CC(CC#N)C1. The van der Waals surface area contributed by atoms with Crippen LogP contribution in [-0.4, -0.2) is 20.7 Å². The van der Waals surface area contributed by atoms with E-state index in [0.29, 0.717) is 25.2 Å². The van der Waals surface area contributed by atoms with Gasteiger partial charge in [-0.1, -0.05) is 0 Å². The lowest BCUT2D eigenvalue weighted by molar-refractivity contribution is 0.320. The normalized spacial score (nSPS) is 29.0. The van der Waals surface area contributed by atoms with Gasteiger partial charge in [0.15, 0.2) is 0 Å². The Hall–Kier alpha value is -0.600. The molecule has 0 amide bonds. The zero-order valence-corrected chi connectivity index (χ0v) is 7.76. The third kappa shape index (κ3) is 1.76. The first-order valence-electron chi connectivity index (χ1n) is 3.89. The second-order valence-corrected chi connectivity index (χ2v) is 5.24. The van der Waals surface area contributed by atoms with E-state index in [1.54, 1.807) is 0 Å². The maximum absolute atomic E-state index is 11.1. The van der Waals surface area contributed by atoms with E-state index in [1.807, 2.05) is 6.07 Å². The monoisotopic (exact) mass is 188 g/mol. The molecule has 0 heterocycles. The molecule has 0 aromatic carbocycles. The first-order valence-corrected chi connectivity index (χ1v) is 5.44. The van der Waals surface area contributed by atoms with E-state index in [1.165, 1.54) is 7.05 Å². The van der Waals surface area contributed by atoms with Crippen LogP contribution in [0, 0.1) is 17.2 Å². The van der Waals surface area contributed by atoms with Gasteiger partial charge in [-0.15, -0.1) is 0 Å². The molecule has 1 N–H and O–H groups in total. The quantitative estimate of drug-likeness (QED) is 0.689. The van der Waals surface area contributed by atoms with Gasteiger partial charge in [-0.2, -0.15) is 5.26 Å². The maximum atomic E-state index is 11.1. The molecule has 0 atom stereocenters. The molecule has 0 bridgehead atoms. The summed E-state index contributed by atoms with van der Waals surface area (Å²) in [4.78, 5) is 0. The summed E-state index contributed by atoms with van der Waals surface area (Å²) in [6, 6.07) is 2.04. The van der Waals surface area contributed by atoms with Crippen molar-refractivity contribution in [2.24, 2.45) is 5.92 Å². The van der Waals surface area contributed by atoms with E-state index in [0.717, 1.165) is 0 Å². The smallest absolute Gasteiger partial charge is 0.214 e. The number of hydrogen-bond donors (Lipinski definition) is 1. The molecule has 0 spiro atoms. The second kappa shape index (κ2) is 3.42. The van der Waals surface area contributed by atoms with Crippen LogP contribution in [0.1, 0.15) is 19.3 Å². The zero-order valence-electron chi connectivity index (χ0n) is 6.95. The summed E-state index contributed by atoms with van der Waals surface area (Å²) in [5.41, 5.74) is 0. The van der Waals surface area contributed by atoms with Crippen LogP contribution in [-0.2, 0) is 10.0 Å². The highest BCUT2D eigenvalue weighted by molar-refractivity contribution is 7.90. The highest BCUT2D eigenvalue weighted by atomic mass is 32.2. The van der Waals surface area contributed by atoms with E-state index >= 15 is 0 Å². The van der Waals surface area contributed by atoms with E-state index in [9.17, 15) is 8.42 Å². The number of nitrogens with one attached hydrogen (secondary N) is 1. The van der Waals surface area contributed by atoms with Crippen molar-refractivity contribution in [3.05, 3.63) is 0 Å². The molecule has 1 saturated carbocycles. The van der Waals surface area contributed by atoms with Crippen molar-refractivity contribution in [1.29, 1.82) is 5.26 Å². The average molecular weight is 188 g/mol. The van der Waals surface area contributed by atoms with E-state index in [-0.39, 0.29) is 5.25 Å². The van der Waals surface area contributed by atoms with Crippen molar-refractivity contribution in [2.75, 3.05) is 7.05 Å². The minimum atomic E-state index is -3.07. The molecule has 0 saturated heterocycles. The van der Waals surface area contributed by atoms with Crippen LogP contribution < -0.4 is 4.72 Å². The lowest BCUT2D eigenvalue weighted by atomic mass is 9.83. The standard InChI is InChI=1S/C7H12N2O2S/c1-9-12(10,11)7-4-6(5-7)2-3-8/h6-7,9H,2,4-5H2,1H3. The minimum Gasteiger partial charge on any atom is -0.218 e. The third-order valence-electron chi connectivity index (χ3n) is 2.30. The van der Waals surface area contributed by atoms with Gasteiger partial charge in [0.2, 0.25) is 10.0 Å². The van der Waals surface area contributed by atoms with Gasteiger partial charge in [0.25, 0.3) is 0 Å². The molecule has 1 aliphatic rings. The summed E-state index contributed by atoms with van der Waals surface area (Å²) < 4.78 is 24.6. The Morgan fingerprint density at radius 3 is 2.58 bits per heavy atom. The fourth-order valence-corrected chi connectivity index (χ4v) is 2.77. The maximum Gasteiger partial charge on any atom is 0.214 e. The molecule has 5 heteroatoms. The summed E-state index contributed by atoms with van der Waals surface area (Å²) in [5, 5.41) is 8.07. The topological polar surface area (TPSA) is 70.0 Å². The second-order valence-electron chi connectivity index (χ2n) is 3.07. The van der Waals surface area contributed by atoms with Crippen LogP contribution in [0.3, 0.4) is 0 Å². The largest absolute Gasteiger partial charge is 0.218 e. The fourth-order valence-electron chi connectivity index (χ4n) is 1.39. The van der Waals surface area contributed by atoms with Gasteiger partial charge in [0.1, 0.15) is 0 Å². The predicted octanol–water partition coefficient (Wildman–Crippen LogP) is 0.228. The fraction of sp³-hybridized carbons (Fsp3) is 0.857. The van der Waals surface area contributed by atoms with Gasteiger partial charge in [0, 0.05) is 6.42 Å². The first-order chi connectivity index (χ1) is 5.60. The van der Waals surface area contributed by atoms with Crippen LogP contribution in [0.25, 0.3) is 0 Å². The lowest BCUT2D eigenvalue weighted by Crippen LogP contribution is -2.41. The van der Waals surface area contributed by atoms with Crippen molar-refractivity contribution < 1.29 is 8.42 Å². The summed E-state index contributed by atoms with van der Waals surface area (Å²) in [6.45, 7) is 0. The van der Waals surface area contributed by atoms with Gasteiger partial charge in [-0.25, -0.2) is 13.1 Å². The Kier molecular flexibility index (Phi) is 2.70. The van der Waals surface area contributed by atoms with Crippen molar-refractivity contribution >= 4 is 10.0 Å². The molecule has 0 aliphatic heterocycles. The van der Waals surface area contributed by atoms with Crippen molar-refractivity contribution in [2.45, 2.75) is 24.5 Å². The minimum absolute atomic E-state index is 0.263. The number of sulfonamides is 1. The number of rotatable bonds is 3. The number of nitriles is 1. The Balaban J connectivity index is 2.41. The number of nitrogens with zero attached hydrogens (tertiary/aromatic N) is 1. The van der Waals surface area contributed by atoms with Gasteiger partial charge < -0.3 is 0 Å². The van der Waals surface area contributed by atoms with Gasteiger partial charge in [-0.05, 0) is 25.8 Å². The Bertz CT molecular complexity index is 285. The average Bonchev–Trinajstić information content (AvgIpc) is 1.95. The summed E-state index contributed by atoms with van der Waals surface area (Å²) in [6.07, 6.45) is 1.75. The van der Waals surface area contributed by atoms with Crippen LogP contribution in [0.4, 0.5) is 0 Å². The van der Waals surface area contributed by atoms with Crippen LogP contribution in [0.5, 0.6) is 0 Å². The van der Waals surface area contributed by atoms with Crippen molar-refractivity contribution in [3.63, 3.8) is 0 Å². The molecule has 1 rings (SSSR count). The highest BCUT2D eigenvalue weighted by Gasteiger charge is 2.37. The summed E-state index contributed by atoms with van der Waals surface area (Å²) >= 11 is 0. The molecular weight excluding hydrogens is 176 g/mol. The van der Waals surface area contributed by atoms with E-state index in [4.69, 9.17) is 5.26 Å². The predicted molar refractivity (Wildman–Crippen MR) is 44.7 cm³/mol. The highest BCUT2D eigenvalue weighted by Crippen LogP contribution is 2.34. The molecule has 68 valence electrons. The van der Waals surface area contributed by atoms with Crippen LogP contribution in [0.15, 0.2) is 0 Å². The van der Waals surface area contributed by atoms with Crippen molar-refractivity contribution in [3.8, 4) is 6.07 Å². The lowest BCUT2D eigenvalue weighted by Gasteiger charge is -2.32. The summed E-state index contributed by atoms with van der Waals surface area (Å²) in [7, 11) is -1.65. The van der Waals surface area contributed by atoms with E-state index in [2.05, 4.69) is 4.72 Å². The Labute approximate surface area is 72.6 Å². The first kappa shape index (κ1) is 9.49. The summed E-state index contributed by atoms with van der Waals surface area (Å²) in [5.74, 6) is 0.295. The molecule has 1 fully saturated rings. The molecule has 4 nitrogen and oxygen atoms in total. The molecule has 0 aromatic heterocycles. The number of hydrogen-bond acceptors (Lipinski definition) is 3. The van der Waals surface area contributed by atoms with Crippen molar-refractivity contribution in [1.82, 2.24) is 4.72 Å². The molecule has 12 heavy (non-hydrogen) atoms.